The minimum Gasteiger partial charge on any atom is -0.464 e. The fourth-order valence-corrected chi connectivity index (χ4v) is 3.12. The molecule has 1 aliphatic rings. The SMILES string of the molecule is C=C1CCCCC1n1cnc(C(=O)OC)c1-c1ccccc1. The first-order valence-electron chi connectivity index (χ1n) is 7.60. The fraction of sp³-hybridized carbons (Fsp3) is 0.333. The number of carbonyl (C=O) groups is 1. The van der Waals surface area contributed by atoms with Crippen molar-refractivity contribution in [2.75, 3.05) is 7.11 Å². The predicted molar refractivity (Wildman–Crippen MR) is 85.6 cm³/mol. The number of imidazole rings is 1. The van der Waals surface area contributed by atoms with E-state index in [9.17, 15) is 4.79 Å². The molecule has 0 spiro atoms. The van der Waals surface area contributed by atoms with Gasteiger partial charge in [0.15, 0.2) is 5.69 Å². The summed E-state index contributed by atoms with van der Waals surface area (Å²) >= 11 is 0. The number of hydrogen-bond donors (Lipinski definition) is 0. The van der Waals surface area contributed by atoms with E-state index in [4.69, 9.17) is 4.74 Å². The smallest absolute Gasteiger partial charge is 0.358 e. The lowest BCUT2D eigenvalue weighted by molar-refractivity contribution is 0.0595. The van der Waals surface area contributed by atoms with Gasteiger partial charge in [0.1, 0.15) is 0 Å². The van der Waals surface area contributed by atoms with E-state index in [0.29, 0.717) is 5.69 Å². The minimum absolute atomic E-state index is 0.204. The van der Waals surface area contributed by atoms with Gasteiger partial charge in [-0.25, -0.2) is 9.78 Å². The first-order chi connectivity index (χ1) is 10.7. The zero-order valence-corrected chi connectivity index (χ0v) is 12.8. The number of allylic oxidation sites excluding steroid dienone is 1. The van der Waals surface area contributed by atoms with Crippen LogP contribution in [0.15, 0.2) is 48.8 Å². The van der Waals surface area contributed by atoms with Gasteiger partial charge in [-0.2, -0.15) is 0 Å². The Hall–Kier alpha value is -2.36. The standard InChI is InChI=1S/C18H20N2O2/c1-13-8-6-7-11-15(13)20-12-19-16(18(21)22-2)17(20)14-9-4-3-5-10-14/h3-5,9-10,12,15H,1,6-8,11H2,2H3. The van der Waals surface area contributed by atoms with Crippen LogP contribution in [0.5, 0.6) is 0 Å². The van der Waals surface area contributed by atoms with Crippen LogP contribution >= 0.6 is 0 Å². The average Bonchev–Trinajstić information content (AvgIpc) is 3.00. The molecule has 114 valence electrons. The molecule has 0 aliphatic heterocycles. The first-order valence-corrected chi connectivity index (χ1v) is 7.60. The molecular formula is C18H20N2O2. The quantitative estimate of drug-likeness (QED) is 0.635. The van der Waals surface area contributed by atoms with Crippen molar-refractivity contribution in [3.8, 4) is 11.3 Å². The van der Waals surface area contributed by atoms with Crippen molar-refractivity contribution in [1.29, 1.82) is 0 Å². The molecule has 0 amide bonds. The summed E-state index contributed by atoms with van der Waals surface area (Å²) < 4.78 is 6.98. The van der Waals surface area contributed by atoms with E-state index in [1.807, 2.05) is 30.3 Å². The third-order valence-electron chi connectivity index (χ3n) is 4.25. The Morgan fingerprint density at radius 3 is 2.77 bits per heavy atom. The third-order valence-corrected chi connectivity index (χ3v) is 4.25. The van der Waals surface area contributed by atoms with Gasteiger partial charge < -0.3 is 9.30 Å². The van der Waals surface area contributed by atoms with Crippen LogP contribution in [0, 0.1) is 0 Å². The summed E-state index contributed by atoms with van der Waals surface area (Å²) in [6.45, 7) is 4.22. The maximum atomic E-state index is 12.1. The molecule has 1 aliphatic carbocycles. The van der Waals surface area contributed by atoms with Crippen molar-refractivity contribution in [2.45, 2.75) is 31.7 Å². The van der Waals surface area contributed by atoms with Crippen molar-refractivity contribution in [3.05, 3.63) is 54.5 Å². The highest BCUT2D eigenvalue weighted by molar-refractivity contribution is 5.94. The number of rotatable bonds is 3. The summed E-state index contributed by atoms with van der Waals surface area (Å²) in [5, 5.41) is 0. The molecule has 0 radical (unpaired) electrons. The number of hydrogen-bond acceptors (Lipinski definition) is 3. The monoisotopic (exact) mass is 296 g/mol. The van der Waals surface area contributed by atoms with E-state index >= 15 is 0 Å². The van der Waals surface area contributed by atoms with E-state index < -0.39 is 5.97 Å². The van der Waals surface area contributed by atoms with Gasteiger partial charge in [0.2, 0.25) is 0 Å². The van der Waals surface area contributed by atoms with Gasteiger partial charge in [-0.3, -0.25) is 0 Å². The predicted octanol–water partition coefficient (Wildman–Crippen LogP) is 4.01. The number of carbonyl (C=O) groups excluding carboxylic acids is 1. The van der Waals surface area contributed by atoms with Crippen LogP contribution in [0.1, 0.15) is 42.2 Å². The highest BCUT2D eigenvalue weighted by Crippen LogP contribution is 2.36. The van der Waals surface area contributed by atoms with E-state index in [-0.39, 0.29) is 6.04 Å². The summed E-state index contributed by atoms with van der Waals surface area (Å²) in [5.41, 5.74) is 3.36. The van der Waals surface area contributed by atoms with Gasteiger partial charge in [-0.05, 0) is 19.3 Å². The molecule has 3 rings (SSSR count). The maximum absolute atomic E-state index is 12.1. The van der Waals surface area contributed by atoms with Crippen LogP contribution in [0.3, 0.4) is 0 Å². The molecule has 0 saturated heterocycles. The molecule has 2 aromatic rings. The Bertz CT molecular complexity index is 688. The molecule has 22 heavy (non-hydrogen) atoms. The van der Waals surface area contributed by atoms with Crippen molar-refractivity contribution in [3.63, 3.8) is 0 Å². The molecule has 0 N–H and O–H groups in total. The summed E-state index contributed by atoms with van der Waals surface area (Å²) in [7, 11) is 1.38. The lowest BCUT2D eigenvalue weighted by Crippen LogP contribution is -2.16. The number of nitrogens with zero attached hydrogens (tertiary/aromatic N) is 2. The zero-order chi connectivity index (χ0) is 15.5. The van der Waals surface area contributed by atoms with Gasteiger partial charge in [0.25, 0.3) is 0 Å². The van der Waals surface area contributed by atoms with Gasteiger partial charge in [0.05, 0.1) is 25.2 Å². The average molecular weight is 296 g/mol. The molecule has 1 atom stereocenters. The number of ether oxygens (including phenoxy) is 1. The van der Waals surface area contributed by atoms with Crippen LogP contribution in [-0.4, -0.2) is 22.6 Å². The molecule has 0 bridgehead atoms. The molecule has 1 saturated carbocycles. The van der Waals surface area contributed by atoms with Crippen molar-refractivity contribution < 1.29 is 9.53 Å². The van der Waals surface area contributed by atoms with Crippen LogP contribution < -0.4 is 0 Å². The van der Waals surface area contributed by atoms with Gasteiger partial charge in [-0.1, -0.05) is 48.9 Å². The Morgan fingerprint density at radius 2 is 2.09 bits per heavy atom. The second-order valence-electron chi connectivity index (χ2n) is 5.63. The van der Waals surface area contributed by atoms with Crippen LogP contribution in [0.25, 0.3) is 11.3 Å². The lowest BCUT2D eigenvalue weighted by Gasteiger charge is -2.27. The minimum atomic E-state index is -0.404. The van der Waals surface area contributed by atoms with E-state index in [1.54, 1.807) is 6.33 Å². The second kappa shape index (κ2) is 6.18. The highest BCUT2D eigenvalue weighted by atomic mass is 16.5. The van der Waals surface area contributed by atoms with Gasteiger partial charge in [0, 0.05) is 5.56 Å². The molecular weight excluding hydrogens is 276 g/mol. The van der Waals surface area contributed by atoms with Crippen LogP contribution in [0.4, 0.5) is 0 Å². The Labute approximate surface area is 130 Å². The summed E-state index contributed by atoms with van der Waals surface area (Å²) in [6, 6.07) is 10.1. The second-order valence-corrected chi connectivity index (χ2v) is 5.63. The number of esters is 1. The topological polar surface area (TPSA) is 44.1 Å². The van der Waals surface area contributed by atoms with Crippen molar-refractivity contribution in [2.24, 2.45) is 0 Å². The van der Waals surface area contributed by atoms with Crippen molar-refractivity contribution >= 4 is 5.97 Å². The Balaban J connectivity index is 2.12. The molecule has 1 unspecified atom stereocenters. The Morgan fingerprint density at radius 1 is 1.32 bits per heavy atom. The summed E-state index contributed by atoms with van der Waals surface area (Å²) in [6.07, 6.45) is 6.17. The van der Waals surface area contributed by atoms with Gasteiger partial charge >= 0.3 is 5.97 Å². The van der Waals surface area contributed by atoms with Crippen molar-refractivity contribution in [1.82, 2.24) is 9.55 Å². The zero-order valence-electron chi connectivity index (χ0n) is 12.8. The first kappa shape index (κ1) is 14.6. The van der Waals surface area contributed by atoms with Crippen LogP contribution in [-0.2, 0) is 4.74 Å². The third kappa shape index (κ3) is 2.56. The lowest BCUT2D eigenvalue weighted by atomic mass is 9.90. The highest BCUT2D eigenvalue weighted by Gasteiger charge is 2.26. The number of methoxy groups -OCH3 is 1. The van der Waals surface area contributed by atoms with Gasteiger partial charge in [-0.15, -0.1) is 0 Å². The number of benzene rings is 1. The summed E-state index contributed by atoms with van der Waals surface area (Å²) in [5.74, 6) is -0.404. The maximum Gasteiger partial charge on any atom is 0.358 e. The molecule has 4 heteroatoms. The normalized spacial score (nSPS) is 18.2. The van der Waals surface area contributed by atoms with E-state index in [0.717, 1.165) is 24.1 Å². The molecule has 1 aromatic heterocycles. The van der Waals surface area contributed by atoms with E-state index in [1.165, 1.54) is 25.5 Å². The Kier molecular flexibility index (Phi) is 4.09. The molecule has 1 aromatic carbocycles. The fourth-order valence-electron chi connectivity index (χ4n) is 3.12. The number of aromatic nitrogens is 2. The molecule has 4 nitrogen and oxygen atoms in total. The van der Waals surface area contributed by atoms with E-state index in [2.05, 4.69) is 16.1 Å². The molecule has 1 heterocycles. The molecule has 1 fully saturated rings. The summed E-state index contributed by atoms with van der Waals surface area (Å²) in [4.78, 5) is 16.4. The largest absolute Gasteiger partial charge is 0.464 e. The van der Waals surface area contributed by atoms with Crippen LogP contribution in [0.2, 0.25) is 0 Å².